The van der Waals surface area contributed by atoms with Gasteiger partial charge in [0.1, 0.15) is 18.1 Å². The van der Waals surface area contributed by atoms with E-state index in [1.54, 1.807) is 12.1 Å². The highest BCUT2D eigenvalue weighted by molar-refractivity contribution is 6.32. The maximum absolute atomic E-state index is 5.95. The lowest BCUT2D eigenvalue weighted by molar-refractivity contribution is 0.323. The van der Waals surface area contributed by atoms with Crippen molar-refractivity contribution in [3.8, 4) is 11.5 Å². The molecule has 0 bridgehead atoms. The Hall–Kier alpha value is -0.930. The molecule has 0 radical (unpaired) electrons. The maximum Gasteiger partial charge on any atom is 0.138 e. The third kappa shape index (κ3) is 3.09. The monoisotopic (exact) mass is 215 g/mol. The zero-order valence-electron chi connectivity index (χ0n) is 8.13. The van der Waals surface area contributed by atoms with Crippen molar-refractivity contribution < 1.29 is 9.47 Å². The van der Waals surface area contributed by atoms with Crippen molar-refractivity contribution in [2.45, 2.75) is 6.92 Å². The Balaban J connectivity index is 2.68. The smallest absolute Gasteiger partial charge is 0.138 e. The number of hydrogen-bond acceptors (Lipinski definition) is 3. The van der Waals surface area contributed by atoms with Gasteiger partial charge in [-0.3, -0.25) is 0 Å². The predicted molar refractivity (Wildman–Crippen MR) is 57.2 cm³/mol. The third-order valence-corrected chi connectivity index (χ3v) is 1.89. The molecule has 2 N–H and O–H groups in total. The minimum atomic E-state index is 0.490. The summed E-state index contributed by atoms with van der Waals surface area (Å²) >= 11 is 5.95. The molecular weight excluding hydrogens is 202 g/mol. The van der Waals surface area contributed by atoms with Crippen LogP contribution in [0.4, 0.5) is 0 Å². The van der Waals surface area contributed by atoms with Gasteiger partial charge in [-0.1, -0.05) is 11.6 Å². The molecule has 0 heterocycles. The average Bonchev–Trinajstić information content (AvgIpc) is 2.19. The summed E-state index contributed by atoms with van der Waals surface area (Å²) in [5, 5.41) is 0.557. The zero-order valence-corrected chi connectivity index (χ0v) is 8.88. The van der Waals surface area contributed by atoms with Gasteiger partial charge in [-0.15, -0.1) is 0 Å². The van der Waals surface area contributed by atoms with Gasteiger partial charge in [-0.25, -0.2) is 0 Å². The molecule has 4 heteroatoms. The molecule has 0 saturated heterocycles. The van der Waals surface area contributed by atoms with Gasteiger partial charge in [0.15, 0.2) is 0 Å². The molecule has 3 nitrogen and oxygen atoms in total. The fourth-order valence-corrected chi connectivity index (χ4v) is 1.25. The van der Waals surface area contributed by atoms with Crippen molar-refractivity contribution in [3.05, 3.63) is 23.2 Å². The standard InChI is InChI=1S/C10H14ClNO2/c1-2-13-10-4-3-8(7-9(10)11)14-6-5-12/h3-4,7H,2,5-6,12H2,1H3. The van der Waals surface area contributed by atoms with Crippen molar-refractivity contribution in [1.82, 2.24) is 0 Å². The van der Waals surface area contributed by atoms with E-state index in [1.165, 1.54) is 0 Å². The quantitative estimate of drug-likeness (QED) is 0.818. The Morgan fingerprint density at radius 1 is 1.36 bits per heavy atom. The predicted octanol–water partition coefficient (Wildman–Crippen LogP) is 2.08. The first kappa shape index (κ1) is 11.1. The number of ether oxygens (including phenoxy) is 2. The fourth-order valence-electron chi connectivity index (χ4n) is 1.02. The van der Waals surface area contributed by atoms with Crippen LogP contribution in [0, 0.1) is 0 Å². The molecule has 0 aromatic heterocycles. The first-order valence-corrected chi connectivity index (χ1v) is 4.91. The second-order valence-corrected chi connectivity index (χ2v) is 3.07. The molecule has 0 amide bonds. The molecule has 0 aliphatic carbocycles. The Morgan fingerprint density at radius 2 is 2.14 bits per heavy atom. The van der Waals surface area contributed by atoms with Crippen molar-refractivity contribution >= 4 is 11.6 Å². The molecule has 0 fully saturated rings. The lowest BCUT2D eigenvalue weighted by Crippen LogP contribution is -2.10. The first-order valence-electron chi connectivity index (χ1n) is 4.53. The highest BCUT2D eigenvalue weighted by Gasteiger charge is 2.02. The first-order chi connectivity index (χ1) is 6.77. The van der Waals surface area contributed by atoms with Crippen LogP contribution in [0.5, 0.6) is 11.5 Å². The van der Waals surface area contributed by atoms with E-state index in [-0.39, 0.29) is 0 Å². The molecule has 0 saturated carbocycles. The molecule has 0 atom stereocenters. The van der Waals surface area contributed by atoms with E-state index in [0.717, 1.165) is 0 Å². The van der Waals surface area contributed by atoms with Gasteiger partial charge in [-0.2, -0.15) is 0 Å². The molecule has 1 aromatic rings. The van der Waals surface area contributed by atoms with Crippen LogP contribution in [0.2, 0.25) is 5.02 Å². The maximum atomic E-state index is 5.95. The molecule has 0 spiro atoms. The molecule has 0 aliphatic heterocycles. The van der Waals surface area contributed by atoms with E-state index in [0.29, 0.717) is 36.3 Å². The number of nitrogens with two attached hydrogens (primary N) is 1. The van der Waals surface area contributed by atoms with Crippen LogP contribution in [0.3, 0.4) is 0 Å². The van der Waals surface area contributed by atoms with Crippen LogP contribution in [0.15, 0.2) is 18.2 Å². The summed E-state index contributed by atoms with van der Waals surface area (Å²) in [5.74, 6) is 1.39. The van der Waals surface area contributed by atoms with Gasteiger partial charge in [-0.05, 0) is 19.1 Å². The van der Waals surface area contributed by atoms with Gasteiger partial charge in [0.25, 0.3) is 0 Å². The molecule has 1 rings (SSSR count). The molecular formula is C10H14ClNO2. The van der Waals surface area contributed by atoms with E-state index >= 15 is 0 Å². The lowest BCUT2D eigenvalue weighted by atomic mass is 10.3. The summed E-state index contributed by atoms with van der Waals surface area (Å²) in [7, 11) is 0. The van der Waals surface area contributed by atoms with Crippen LogP contribution in [-0.2, 0) is 0 Å². The van der Waals surface area contributed by atoms with Crippen LogP contribution < -0.4 is 15.2 Å². The SMILES string of the molecule is CCOc1ccc(OCCN)cc1Cl. The summed E-state index contributed by atoms with van der Waals surface area (Å²) in [6.45, 7) is 3.49. The highest BCUT2D eigenvalue weighted by atomic mass is 35.5. The van der Waals surface area contributed by atoms with Crippen molar-refractivity contribution in [2.75, 3.05) is 19.8 Å². The summed E-state index contributed by atoms with van der Waals surface area (Å²) in [6, 6.07) is 5.33. The van der Waals surface area contributed by atoms with Crippen LogP contribution >= 0.6 is 11.6 Å². The van der Waals surface area contributed by atoms with Gasteiger partial charge in [0.05, 0.1) is 11.6 Å². The van der Waals surface area contributed by atoms with Crippen LogP contribution in [0.25, 0.3) is 0 Å². The van der Waals surface area contributed by atoms with Crippen LogP contribution in [-0.4, -0.2) is 19.8 Å². The topological polar surface area (TPSA) is 44.5 Å². The number of hydrogen-bond donors (Lipinski definition) is 1. The van der Waals surface area contributed by atoms with E-state index in [4.69, 9.17) is 26.8 Å². The Bertz CT molecular complexity index is 291. The Labute approximate surface area is 88.8 Å². The molecule has 14 heavy (non-hydrogen) atoms. The van der Waals surface area contributed by atoms with Gasteiger partial charge < -0.3 is 15.2 Å². The number of rotatable bonds is 5. The van der Waals surface area contributed by atoms with Crippen molar-refractivity contribution in [2.24, 2.45) is 5.73 Å². The Morgan fingerprint density at radius 3 is 2.71 bits per heavy atom. The van der Waals surface area contributed by atoms with Crippen LogP contribution in [0.1, 0.15) is 6.92 Å². The third-order valence-electron chi connectivity index (χ3n) is 1.59. The minimum Gasteiger partial charge on any atom is -0.492 e. The van der Waals surface area contributed by atoms with E-state index in [2.05, 4.69) is 0 Å². The van der Waals surface area contributed by atoms with E-state index < -0.39 is 0 Å². The Kier molecular flexibility index (Phi) is 4.56. The summed E-state index contributed by atoms with van der Waals surface area (Å²) in [6.07, 6.45) is 0. The van der Waals surface area contributed by atoms with Crippen molar-refractivity contribution in [1.29, 1.82) is 0 Å². The summed E-state index contributed by atoms with van der Waals surface area (Å²) in [4.78, 5) is 0. The molecule has 0 unspecified atom stereocenters. The molecule has 78 valence electrons. The van der Waals surface area contributed by atoms with Gasteiger partial charge in [0, 0.05) is 12.6 Å². The second-order valence-electron chi connectivity index (χ2n) is 2.66. The number of halogens is 1. The second kappa shape index (κ2) is 5.73. The largest absolute Gasteiger partial charge is 0.492 e. The lowest BCUT2D eigenvalue weighted by Gasteiger charge is -2.08. The molecule has 0 aliphatic rings. The normalized spacial score (nSPS) is 9.93. The van der Waals surface area contributed by atoms with Gasteiger partial charge in [0.2, 0.25) is 0 Å². The van der Waals surface area contributed by atoms with Crippen molar-refractivity contribution in [3.63, 3.8) is 0 Å². The van der Waals surface area contributed by atoms with E-state index in [1.807, 2.05) is 13.0 Å². The summed E-state index contributed by atoms with van der Waals surface area (Å²) < 4.78 is 10.6. The van der Waals surface area contributed by atoms with E-state index in [9.17, 15) is 0 Å². The highest BCUT2D eigenvalue weighted by Crippen LogP contribution is 2.28. The fraction of sp³-hybridized carbons (Fsp3) is 0.400. The average molecular weight is 216 g/mol. The zero-order chi connectivity index (χ0) is 10.4. The summed E-state index contributed by atoms with van der Waals surface area (Å²) in [5.41, 5.74) is 5.31. The minimum absolute atomic E-state index is 0.490. The van der Waals surface area contributed by atoms with Gasteiger partial charge >= 0.3 is 0 Å². The molecule has 1 aromatic carbocycles. The number of benzene rings is 1.